The molecule has 0 aromatic rings. The minimum atomic E-state index is -1.25. The second-order valence-corrected chi connectivity index (χ2v) is 4.18. The minimum absolute atomic E-state index is 0.0659. The molecule has 0 spiro atoms. The minimum Gasteiger partial charge on any atom is -0.394 e. The van der Waals surface area contributed by atoms with E-state index in [0.717, 1.165) is 6.42 Å². The lowest BCUT2D eigenvalue weighted by molar-refractivity contribution is -0.239. The van der Waals surface area contributed by atoms with E-state index in [1.54, 1.807) is 0 Å². The normalized spacial score (nSPS) is 44.0. The third-order valence-electron chi connectivity index (χ3n) is 3.13. The van der Waals surface area contributed by atoms with Gasteiger partial charge in [0.15, 0.2) is 0 Å². The number of ether oxygens (including phenoxy) is 1. The van der Waals surface area contributed by atoms with Crippen LogP contribution in [-0.2, 0) is 4.74 Å². The van der Waals surface area contributed by atoms with Crippen LogP contribution < -0.4 is 0 Å². The van der Waals surface area contributed by atoms with Gasteiger partial charge in [-0.15, -0.1) is 0 Å². The van der Waals surface area contributed by atoms with Gasteiger partial charge in [-0.3, -0.25) is 0 Å². The Balaban J connectivity index is 2.74. The van der Waals surface area contributed by atoms with E-state index in [1.165, 1.54) is 0 Å². The van der Waals surface area contributed by atoms with Crippen LogP contribution in [0.1, 0.15) is 20.3 Å². The van der Waals surface area contributed by atoms with Crippen LogP contribution in [0.25, 0.3) is 0 Å². The molecule has 5 nitrogen and oxygen atoms in total. The van der Waals surface area contributed by atoms with Crippen molar-refractivity contribution in [3.8, 4) is 0 Å². The Kier molecular flexibility index (Phi) is 4.48. The fraction of sp³-hybridized carbons (Fsp3) is 1.00. The molecule has 6 atom stereocenters. The Hall–Kier alpha value is -0.200. The summed E-state index contributed by atoms with van der Waals surface area (Å²) < 4.78 is 5.37. The highest BCUT2D eigenvalue weighted by molar-refractivity contribution is 4.93. The van der Waals surface area contributed by atoms with E-state index in [4.69, 9.17) is 9.84 Å². The lowest BCUT2D eigenvalue weighted by Crippen LogP contribution is -2.59. The molecule has 4 unspecified atom stereocenters. The van der Waals surface area contributed by atoms with Crippen molar-refractivity contribution < 1.29 is 25.2 Å². The quantitative estimate of drug-likeness (QED) is 0.483. The van der Waals surface area contributed by atoms with Crippen molar-refractivity contribution >= 4 is 0 Å². The largest absolute Gasteiger partial charge is 0.394 e. The van der Waals surface area contributed by atoms with Gasteiger partial charge in [0.25, 0.3) is 0 Å². The molecule has 15 heavy (non-hydrogen) atoms. The Morgan fingerprint density at radius 2 is 1.73 bits per heavy atom. The van der Waals surface area contributed by atoms with Crippen LogP contribution in [0.4, 0.5) is 0 Å². The highest BCUT2D eigenvalue weighted by Gasteiger charge is 2.44. The molecule has 0 radical (unpaired) electrons. The first-order valence-corrected chi connectivity index (χ1v) is 5.33. The van der Waals surface area contributed by atoms with Gasteiger partial charge in [0.2, 0.25) is 0 Å². The summed E-state index contributed by atoms with van der Waals surface area (Å²) in [6, 6.07) is 0. The third-order valence-corrected chi connectivity index (χ3v) is 3.13. The molecule has 0 aromatic heterocycles. The molecular formula is C10H20O5. The molecule has 90 valence electrons. The van der Waals surface area contributed by atoms with E-state index in [9.17, 15) is 15.3 Å². The van der Waals surface area contributed by atoms with Gasteiger partial charge in [-0.25, -0.2) is 0 Å². The van der Waals surface area contributed by atoms with E-state index in [1.807, 2.05) is 13.8 Å². The van der Waals surface area contributed by atoms with E-state index < -0.39 is 30.5 Å². The maximum atomic E-state index is 9.71. The number of rotatable bonds is 3. The average Bonchev–Trinajstić information content (AvgIpc) is 2.25. The van der Waals surface area contributed by atoms with Crippen LogP contribution in [0.2, 0.25) is 0 Å². The van der Waals surface area contributed by atoms with Crippen molar-refractivity contribution in [2.75, 3.05) is 6.61 Å². The first-order chi connectivity index (χ1) is 7.02. The SMILES string of the molecule is CCC(C)[C@@H]1OC(CO)[C@H](O)C(O)C1O. The van der Waals surface area contributed by atoms with Gasteiger partial charge >= 0.3 is 0 Å². The molecule has 1 heterocycles. The number of hydrogen-bond acceptors (Lipinski definition) is 5. The van der Waals surface area contributed by atoms with E-state index >= 15 is 0 Å². The molecule has 1 rings (SSSR count). The average molecular weight is 220 g/mol. The first kappa shape index (κ1) is 12.9. The number of aliphatic hydroxyl groups is 4. The van der Waals surface area contributed by atoms with E-state index in [0.29, 0.717) is 0 Å². The van der Waals surface area contributed by atoms with Crippen molar-refractivity contribution in [2.24, 2.45) is 5.92 Å². The maximum absolute atomic E-state index is 9.71. The molecule has 0 bridgehead atoms. The zero-order chi connectivity index (χ0) is 11.6. The van der Waals surface area contributed by atoms with Gasteiger partial charge in [-0.2, -0.15) is 0 Å². The Morgan fingerprint density at radius 3 is 2.20 bits per heavy atom. The monoisotopic (exact) mass is 220 g/mol. The molecule has 0 aliphatic carbocycles. The van der Waals surface area contributed by atoms with Crippen molar-refractivity contribution in [2.45, 2.75) is 50.8 Å². The fourth-order valence-electron chi connectivity index (χ4n) is 1.83. The van der Waals surface area contributed by atoms with Gasteiger partial charge in [-0.1, -0.05) is 20.3 Å². The highest BCUT2D eigenvalue weighted by atomic mass is 16.5. The third kappa shape index (κ3) is 2.49. The predicted molar refractivity (Wildman–Crippen MR) is 53.2 cm³/mol. The summed E-state index contributed by atoms with van der Waals surface area (Å²) in [6.07, 6.45) is -4.14. The van der Waals surface area contributed by atoms with E-state index in [-0.39, 0.29) is 12.5 Å². The maximum Gasteiger partial charge on any atom is 0.111 e. The number of aliphatic hydroxyl groups excluding tert-OH is 4. The van der Waals surface area contributed by atoms with Crippen molar-refractivity contribution in [1.82, 2.24) is 0 Å². The molecular weight excluding hydrogens is 200 g/mol. The van der Waals surface area contributed by atoms with Crippen molar-refractivity contribution in [3.63, 3.8) is 0 Å². The molecule has 1 fully saturated rings. The summed E-state index contributed by atoms with van der Waals surface area (Å²) in [7, 11) is 0. The topological polar surface area (TPSA) is 90.2 Å². The summed E-state index contributed by atoms with van der Waals surface area (Å²) in [4.78, 5) is 0. The summed E-state index contributed by atoms with van der Waals surface area (Å²) in [5.74, 6) is 0.0659. The van der Waals surface area contributed by atoms with Crippen LogP contribution in [0, 0.1) is 5.92 Å². The van der Waals surface area contributed by atoms with Crippen molar-refractivity contribution in [3.05, 3.63) is 0 Å². The summed E-state index contributed by atoms with van der Waals surface area (Å²) in [5.41, 5.74) is 0. The van der Waals surface area contributed by atoms with Gasteiger partial charge < -0.3 is 25.2 Å². The Morgan fingerprint density at radius 1 is 1.13 bits per heavy atom. The lowest BCUT2D eigenvalue weighted by Gasteiger charge is -2.42. The zero-order valence-electron chi connectivity index (χ0n) is 9.08. The lowest BCUT2D eigenvalue weighted by atomic mass is 9.87. The Bertz CT molecular complexity index is 196. The molecule has 1 aliphatic heterocycles. The van der Waals surface area contributed by atoms with Gasteiger partial charge in [0.05, 0.1) is 12.7 Å². The van der Waals surface area contributed by atoms with Crippen LogP contribution in [0.3, 0.4) is 0 Å². The summed E-state index contributed by atoms with van der Waals surface area (Å²) in [5, 5.41) is 37.7. The standard InChI is InChI=1S/C10H20O5/c1-3-5(2)10-9(14)8(13)7(12)6(4-11)15-10/h5-14H,3-4H2,1-2H3/t5?,6?,7-,8?,9?,10-/m0/s1. The van der Waals surface area contributed by atoms with Crippen LogP contribution >= 0.6 is 0 Å². The Labute approximate surface area is 89.3 Å². The molecule has 1 saturated heterocycles. The summed E-state index contributed by atoms with van der Waals surface area (Å²) >= 11 is 0. The summed E-state index contributed by atoms with van der Waals surface area (Å²) in [6.45, 7) is 3.48. The van der Waals surface area contributed by atoms with Crippen LogP contribution in [-0.4, -0.2) is 57.6 Å². The second kappa shape index (κ2) is 5.23. The van der Waals surface area contributed by atoms with Gasteiger partial charge in [0, 0.05) is 0 Å². The molecule has 0 aromatic carbocycles. The predicted octanol–water partition coefficient (Wildman–Crippen LogP) is -1.13. The molecule has 0 amide bonds. The molecule has 1 aliphatic rings. The smallest absolute Gasteiger partial charge is 0.111 e. The second-order valence-electron chi connectivity index (χ2n) is 4.18. The van der Waals surface area contributed by atoms with Crippen LogP contribution in [0.5, 0.6) is 0 Å². The highest BCUT2D eigenvalue weighted by Crippen LogP contribution is 2.27. The van der Waals surface area contributed by atoms with Crippen LogP contribution in [0.15, 0.2) is 0 Å². The van der Waals surface area contributed by atoms with Gasteiger partial charge in [0.1, 0.15) is 24.4 Å². The first-order valence-electron chi connectivity index (χ1n) is 5.33. The molecule has 4 N–H and O–H groups in total. The van der Waals surface area contributed by atoms with Gasteiger partial charge in [-0.05, 0) is 5.92 Å². The molecule has 0 saturated carbocycles. The molecule has 5 heteroatoms. The van der Waals surface area contributed by atoms with E-state index in [2.05, 4.69) is 0 Å². The number of hydrogen-bond donors (Lipinski definition) is 4. The van der Waals surface area contributed by atoms with Crippen molar-refractivity contribution in [1.29, 1.82) is 0 Å². The zero-order valence-corrected chi connectivity index (χ0v) is 9.08. The fourth-order valence-corrected chi connectivity index (χ4v) is 1.83.